The summed E-state index contributed by atoms with van der Waals surface area (Å²) in [5.74, 6) is 0. The van der Waals surface area contributed by atoms with Gasteiger partial charge in [0.15, 0.2) is 0 Å². The molecule has 16 heavy (non-hydrogen) atoms. The summed E-state index contributed by atoms with van der Waals surface area (Å²) in [5, 5.41) is 0. The molecule has 0 bridgehead atoms. The minimum Gasteiger partial charge on any atom is -0.345 e. The van der Waals surface area contributed by atoms with Crippen molar-refractivity contribution in [3.8, 4) is 11.3 Å². The van der Waals surface area contributed by atoms with E-state index in [1.54, 1.807) is 12.7 Å². The minimum absolute atomic E-state index is 0.944. The molecule has 3 rings (SSSR count). The second-order valence-corrected chi connectivity index (χ2v) is 4.38. The summed E-state index contributed by atoms with van der Waals surface area (Å²) >= 11 is 3.52. The molecule has 0 aliphatic rings. The van der Waals surface area contributed by atoms with Crippen LogP contribution in [0.2, 0.25) is 0 Å². The highest BCUT2D eigenvalue weighted by atomic mass is 79.9. The number of H-pyrrole nitrogens is 1. The lowest BCUT2D eigenvalue weighted by molar-refractivity contribution is 0.891. The number of benzene rings is 1. The van der Waals surface area contributed by atoms with E-state index in [4.69, 9.17) is 0 Å². The van der Waals surface area contributed by atoms with Crippen molar-refractivity contribution in [3.63, 3.8) is 0 Å². The zero-order chi connectivity index (χ0) is 11.1. The summed E-state index contributed by atoms with van der Waals surface area (Å²) in [4.78, 5) is 11.6. The summed E-state index contributed by atoms with van der Waals surface area (Å²) in [5.41, 5.74) is 4.01. The van der Waals surface area contributed by atoms with Crippen molar-refractivity contribution in [1.82, 2.24) is 19.5 Å². The van der Waals surface area contributed by atoms with Gasteiger partial charge in [-0.25, -0.2) is 9.97 Å². The number of imidazole rings is 2. The Hall–Kier alpha value is -1.62. The first-order valence-electron chi connectivity index (χ1n) is 4.86. The van der Waals surface area contributed by atoms with Crippen LogP contribution < -0.4 is 0 Å². The molecular weight excluding hydrogens is 268 g/mol. The van der Waals surface area contributed by atoms with Crippen molar-refractivity contribution in [2.45, 2.75) is 0 Å². The average Bonchev–Trinajstić information content (AvgIpc) is 2.86. The summed E-state index contributed by atoms with van der Waals surface area (Å²) in [6.45, 7) is 0. The molecular formula is C11H9BrN4. The molecule has 5 heteroatoms. The van der Waals surface area contributed by atoms with Crippen LogP contribution >= 0.6 is 15.9 Å². The van der Waals surface area contributed by atoms with Gasteiger partial charge in [0.1, 0.15) is 10.3 Å². The fraction of sp³-hybridized carbons (Fsp3) is 0.0909. The van der Waals surface area contributed by atoms with Gasteiger partial charge in [-0.1, -0.05) is 6.07 Å². The third-order valence-electron chi connectivity index (χ3n) is 2.56. The van der Waals surface area contributed by atoms with Crippen molar-refractivity contribution >= 4 is 27.0 Å². The summed E-state index contributed by atoms with van der Waals surface area (Å²) in [6, 6.07) is 6.06. The summed E-state index contributed by atoms with van der Waals surface area (Å²) < 4.78 is 2.92. The summed E-state index contributed by atoms with van der Waals surface area (Å²) in [6.07, 6.45) is 3.48. The number of hydrogen-bond donors (Lipinski definition) is 1. The van der Waals surface area contributed by atoms with Gasteiger partial charge in [0.25, 0.3) is 0 Å². The van der Waals surface area contributed by atoms with E-state index in [1.807, 2.05) is 23.7 Å². The summed E-state index contributed by atoms with van der Waals surface area (Å²) in [7, 11) is 1.95. The van der Waals surface area contributed by atoms with Crippen molar-refractivity contribution in [2.75, 3.05) is 0 Å². The molecule has 0 amide bonds. The number of nitrogens with one attached hydrogen (secondary N) is 1. The molecule has 4 nitrogen and oxygen atoms in total. The van der Waals surface area contributed by atoms with Crippen LogP contribution in [-0.2, 0) is 7.05 Å². The molecule has 0 spiro atoms. The first kappa shape index (κ1) is 9.59. The number of fused-ring (bicyclic) bond motifs is 1. The van der Waals surface area contributed by atoms with Gasteiger partial charge < -0.3 is 9.55 Å². The Balaban J connectivity index is 2.21. The Labute approximate surface area is 100 Å². The molecule has 0 saturated heterocycles. The molecule has 2 heterocycles. The molecule has 0 atom stereocenters. The van der Waals surface area contributed by atoms with Crippen molar-refractivity contribution in [2.24, 2.45) is 7.05 Å². The van der Waals surface area contributed by atoms with Crippen LogP contribution in [0.3, 0.4) is 0 Å². The molecule has 1 N–H and O–H groups in total. The van der Waals surface area contributed by atoms with E-state index >= 15 is 0 Å². The Kier molecular flexibility index (Phi) is 2.07. The van der Waals surface area contributed by atoms with E-state index in [0.717, 1.165) is 26.9 Å². The first-order valence-corrected chi connectivity index (χ1v) is 5.65. The van der Waals surface area contributed by atoms with Gasteiger partial charge >= 0.3 is 0 Å². The predicted molar refractivity (Wildman–Crippen MR) is 66.0 cm³/mol. The normalized spacial score (nSPS) is 11.1. The predicted octanol–water partition coefficient (Wildman–Crippen LogP) is 2.73. The van der Waals surface area contributed by atoms with Crippen LogP contribution in [0.15, 0.2) is 35.5 Å². The van der Waals surface area contributed by atoms with Crippen molar-refractivity contribution in [3.05, 3.63) is 35.5 Å². The van der Waals surface area contributed by atoms with E-state index in [1.165, 1.54) is 0 Å². The lowest BCUT2D eigenvalue weighted by Gasteiger charge is -1.99. The maximum atomic E-state index is 4.36. The molecule has 0 unspecified atom stereocenters. The standard InChI is InChI=1S/C11H9BrN4/c1-16-6-15-10(11(16)12)7-2-3-8-9(4-7)14-5-13-8/h2-6H,1H3,(H,13,14). The Morgan fingerprint density at radius 1 is 1.31 bits per heavy atom. The van der Waals surface area contributed by atoms with Gasteiger partial charge in [-0.05, 0) is 28.1 Å². The second-order valence-electron chi connectivity index (χ2n) is 3.63. The lowest BCUT2D eigenvalue weighted by Crippen LogP contribution is -1.84. The zero-order valence-electron chi connectivity index (χ0n) is 8.61. The van der Waals surface area contributed by atoms with E-state index in [-0.39, 0.29) is 0 Å². The minimum atomic E-state index is 0.944. The zero-order valence-corrected chi connectivity index (χ0v) is 10.2. The quantitative estimate of drug-likeness (QED) is 0.743. The number of halogens is 1. The highest BCUT2D eigenvalue weighted by molar-refractivity contribution is 9.10. The smallest absolute Gasteiger partial charge is 0.112 e. The van der Waals surface area contributed by atoms with Crippen LogP contribution in [0.1, 0.15) is 0 Å². The van der Waals surface area contributed by atoms with Crippen LogP contribution in [-0.4, -0.2) is 19.5 Å². The second kappa shape index (κ2) is 3.45. The fourth-order valence-electron chi connectivity index (χ4n) is 1.69. The van der Waals surface area contributed by atoms with Gasteiger partial charge in [-0.3, -0.25) is 0 Å². The monoisotopic (exact) mass is 276 g/mol. The SMILES string of the molecule is Cn1cnc(-c2ccc3nc[nH]c3c2)c1Br. The van der Waals surface area contributed by atoms with Crippen LogP contribution in [0, 0.1) is 0 Å². The van der Waals surface area contributed by atoms with E-state index in [2.05, 4.69) is 36.9 Å². The van der Waals surface area contributed by atoms with Gasteiger partial charge in [0, 0.05) is 12.6 Å². The maximum Gasteiger partial charge on any atom is 0.112 e. The van der Waals surface area contributed by atoms with E-state index in [0.29, 0.717) is 0 Å². The Bertz CT molecular complexity index is 653. The Morgan fingerprint density at radius 3 is 2.94 bits per heavy atom. The number of aromatic nitrogens is 4. The molecule has 1 aromatic carbocycles. The average molecular weight is 277 g/mol. The number of hydrogen-bond acceptors (Lipinski definition) is 2. The molecule has 0 saturated carbocycles. The van der Waals surface area contributed by atoms with E-state index < -0.39 is 0 Å². The van der Waals surface area contributed by atoms with Crippen molar-refractivity contribution < 1.29 is 0 Å². The molecule has 80 valence electrons. The van der Waals surface area contributed by atoms with Crippen LogP contribution in [0.25, 0.3) is 22.3 Å². The lowest BCUT2D eigenvalue weighted by atomic mass is 10.1. The molecule has 0 aliphatic carbocycles. The number of nitrogens with zero attached hydrogens (tertiary/aromatic N) is 3. The van der Waals surface area contributed by atoms with Gasteiger partial charge in [0.2, 0.25) is 0 Å². The van der Waals surface area contributed by atoms with E-state index in [9.17, 15) is 0 Å². The van der Waals surface area contributed by atoms with Gasteiger partial charge in [0.05, 0.1) is 23.7 Å². The largest absolute Gasteiger partial charge is 0.345 e. The topological polar surface area (TPSA) is 46.5 Å². The van der Waals surface area contributed by atoms with Crippen molar-refractivity contribution in [1.29, 1.82) is 0 Å². The third-order valence-corrected chi connectivity index (χ3v) is 3.49. The molecule has 0 radical (unpaired) electrons. The van der Waals surface area contributed by atoms with Crippen LogP contribution in [0.5, 0.6) is 0 Å². The third kappa shape index (κ3) is 1.36. The first-order chi connectivity index (χ1) is 7.75. The Morgan fingerprint density at radius 2 is 2.19 bits per heavy atom. The number of aromatic amines is 1. The van der Waals surface area contributed by atoms with Gasteiger partial charge in [-0.2, -0.15) is 0 Å². The number of rotatable bonds is 1. The molecule has 2 aromatic heterocycles. The highest BCUT2D eigenvalue weighted by Gasteiger charge is 2.09. The van der Waals surface area contributed by atoms with Gasteiger partial charge in [-0.15, -0.1) is 0 Å². The van der Waals surface area contributed by atoms with Crippen LogP contribution in [0.4, 0.5) is 0 Å². The maximum absolute atomic E-state index is 4.36. The molecule has 3 aromatic rings. The number of aryl methyl sites for hydroxylation is 1. The fourth-order valence-corrected chi connectivity index (χ4v) is 2.11. The highest BCUT2D eigenvalue weighted by Crippen LogP contribution is 2.27. The molecule has 0 aliphatic heterocycles. The molecule has 0 fully saturated rings.